The van der Waals surface area contributed by atoms with E-state index in [-0.39, 0.29) is 0 Å². The number of nitrogens with zero attached hydrogens (tertiary/aromatic N) is 3. The molecule has 0 saturated carbocycles. The van der Waals surface area contributed by atoms with Crippen molar-refractivity contribution in [3.05, 3.63) is 48.4 Å². The van der Waals surface area contributed by atoms with E-state index in [2.05, 4.69) is 40.6 Å². The van der Waals surface area contributed by atoms with E-state index >= 15 is 0 Å². The zero-order valence-electron chi connectivity index (χ0n) is 16.9. The van der Waals surface area contributed by atoms with Crippen molar-refractivity contribution < 1.29 is 13.9 Å². The van der Waals surface area contributed by atoms with Crippen LogP contribution < -0.4 is 19.3 Å². The minimum Gasteiger partial charge on any atom is -0.497 e. The zero-order valence-corrected chi connectivity index (χ0v) is 16.9. The van der Waals surface area contributed by atoms with E-state index in [1.807, 2.05) is 24.3 Å². The molecule has 4 rings (SSSR count). The lowest BCUT2D eigenvalue weighted by molar-refractivity contribution is 0.394. The van der Waals surface area contributed by atoms with Crippen LogP contribution in [0, 0.1) is 6.92 Å². The highest BCUT2D eigenvalue weighted by atomic mass is 16.5. The van der Waals surface area contributed by atoms with Gasteiger partial charge in [-0.05, 0) is 31.2 Å². The van der Waals surface area contributed by atoms with Crippen LogP contribution in [0.3, 0.4) is 0 Å². The number of hydrogen-bond acceptors (Lipinski definition) is 5. The Balaban J connectivity index is 1.52. The highest BCUT2D eigenvalue weighted by molar-refractivity contribution is 5.71. The molecule has 0 radical (unpaired) electrons. The van der Waals surface area contributed by atoms with Gasteiger partial charge in [0.05, 0.1) is 26.2 Å². The van der Waals surface area contributed by atoms with Gasteiger partial charge in [-0.2, -0.15) is 0 Å². The topological polar surface area (TPSA) is 43.0 Å². The highest BCUT2D eigenvalue weighted by Gasteiger charge is 2.24. The number of furan rings is 1. The number of aromatic nitrogens is 1. The number of aryl methyl sites for hydroxylation is 1. The first-order chi connectivity index (χ1) is 13.6. The molecule has 0 unspecified atom stereocenters. The van der Waals surface area contributed by atoms with E-state index in [0.717, 1.165) is 54.7 Å². The quantitative estimate of drug-likeness (QED) is 0.670. The van der Waals surface area contributed by atoms with Gasteiger partial charge in [-0.3, -0.25) is 0 Å². The maximum absolute atomic E-state index is 5.61. The van der Waals surface area contributed by atoms with Crippen LogP contribution in [0.4, 0.5) is 11.5 Å². The fraction of sp³-hybridized carbons (Fsp3) is 0.364. The second kappa shape index (κ2) is 7.54. The van der Waals surface area contributed by atoms with Crippen LogP contribution in [0.2, 0.25) is 0 Å². The Morgan fingerprint density at radius 2 is 1.71 bits per heavy atom. The summed E-state index contributed by atoms with van der Waals surface area (Å²) >= 11 is 0. The predicted octanol–water partition coefficient (Wildman–Crippen LogP) is 3.94. The Hall–Kier alpha value is -3.02. The lowest BCUT2D eigenvalue weighted by Gasteiger charge is -2.38. The van der Waals surface area contributed by atoms with Crippen molar-refractivity contribution in [3.63, 3.8) is 0 Å². The molecule has 1 aromatic carbocycles. The van der Waals surface area contributed by atoms with Crippen molar-refractivity contribution in [1.29, 1.82) is 0 Å². The van der Waals surface area contributed by atoms with Crippen LogP contribution in [0.1, 0.15) is 5.56 Å². The lowest BCUT2D eigenvalue weighted by atomic mass is 10.1. The van der Waals surface area contributed by atoms with E-state index in [9.17, 15) is 0 Å². The number of piperazine rings is 1. The molecule has 28 heavy (non-hydrogen) atoms. The summed E-state index contributed by atoms with van der Waals surface area (Å²) in [6.07, 6.45) is 3.88. The van der Waals surface area contributed by atoms with Crippen LogP contribution in [0.5, 0.6) is 11.5 Å². The molecule has 1 fully saturated rings. The van der Waals surface area contributed by atoms with Gasteiger partial charge in [0, 0.05) is 56.6 Å². The summed E-state index contributed by atoms with van der Waals surface area (Å²) in [6, 6.07) is 9.96. The Morgan fingerprint density at radius 3 is 2.36 bits per heavy atom. The summed E-state index contributed by atoms with van der Waals surface area (Å²) in [5.74, 6) is 3.83. The van der Waals surface area contributed by atoms with E-state index in [1.165, 1.54) is 11.4 Å². The minimum atomic E-state index is 0.809. The van der Waals surface area contributed by atoms with Gasteiger partial charge in [-0.15, -0.1) is 0 Å². The van der Waals surface area contributed by atoms with Crippen LogP contribution in [0.15, 0.2) is 47.2 Å². The lowest BCUT2D eigenvalue weighted by Crippen LogP contribution is -2.47. The Bertz CT molecular complexity index is 938. The number of methoxy groups -OCH3 is 2. The molecule has 0 N–H and O–H groups in total. The third-order valence-corrected chi connectivity index (χ3v) is 5.49. The summed E-state index contributed by atoms with van der Waals surface area (Å²) in [6.45, 7) is 5.94. The largest absolute Gasteiger partial charge is 0.497 e. The average molecular weight is 381 g/mol. The van der Waals surface area contributed by atoms with Crippen molar-refractivity contribution in [2.24, 2.45) is 7.05 Å². The van der Waals surface area contributed by atoms with Gasteiger partial charge in [0.15, 0.2) is 0 Å². The predicted molar refractivity (Wildman–Crippen MR) is 112 cm³/mol. The van der Waals surface area contributed by atoms with E-state index in [1.54, 1.807) is 20.5 Å². The van der Waals surface area contributed by atoms with Crippen molar-refractivity contribution in [3.8, 4) is 22.8 Å². The number of rotatable bonds is 5. The SMILES string of the molecule is COc1ccc(N2CCN(c3c(C)c(-c4ccco4)cn3C)CC2)c(OC)c1. The number of ether oxygens (including phenoxy) is 2. The first-order valence-electron chi connectivity index (χ1n) is 9.54. The molecule has 6 heteroatoms. The first-order valence-corrected chi connectivity index (χ1v) is 9.54. The van der Waals surface area contributed by atoms with Gasteiger partial charge in [-0.25, -0.2) is 0 Å². The van der Waals surface area contributed by atoms with Gasteiger partial charge in [0.25, 0.3) is 0 Å². The maximum Gasteiger partial charge on any atom is 0.145 e. The maximum atomic E-state index is 5.61. The third-order valence-electron chi connectivity index (χ3n) is 5.49. The van der Waals surface area contributed by atoms with Crippen molar-refractivity contribution in [2.75, 3.05) is 50.2 Å². The Labute approximate surface area is 165 Å². The van der Waals surface area contributed by atoms with E-state index in [0.29, 0.717) is 0 Å². The fourth-order valence-corrected chi connectivity index (χ4v) is 4.08. The van der Waals surface area contributed by atoms with Crippen LogP contribution in [-0.2, 0) is 7.05 Å². The molecule has 3 heterocycles. The van der Waals surface area contributed by atoms with Crippen molar-refractivity contribution in [2.45, 2.75) is 6.92 Å². The molecule has 1 aliphatic heterocycles. The minimum absolute atomic E-state index is 0.809. The second-order valence-corrected chi connectivity index (χ2v) is 7.09. The molecule has 1 aliphatic rings. The Morgan fingerprint density at radius 1 is 0.964 bits per heavy atom. The number of hydrogen-bond donors (Lipinski definition) is 0. The van der Waals surface area contributed by atoms with Gasteiger partial charge in [0.2, 0.25) is 0 Å². The van der Waals surface area contributed by atoms with Crippen LogP contribution >= 0.6 is 0 Å². The number of benzene rings is 1. The summed E-state index contributed by atoms with van der Waals surface area (Å²) in [5.41, 5.74) is 3.53. The Kier molecular flexibility index (Phi) is 4.94. The van der Waals surface area contributed by atoms with Gasteiger partial charge < -0.3 is 28.3 Å². The molecule has 6 nitrogen and oxygen atoms in total. The molecular formula is C22H27N3O3. The molecule has 0 bridgehead atoms. The molecule has 0 atom stereocenters. The van der Waals surface area contributed by atoms with Crippen LogP contribution in [-0.4, -0.2) is 45.0 Å². The highest BCUT2D eigenvalue weighted by Crippen LogP contribution is 2.35. The molecular weight excluding hydrogens is 354 g/mol. The summed E-state index contributed by atoms with van der Waals surface area (Å²) < 4.78 is 18.7. The number of anilines is 2. The molecule has 0 aliphatic carbocycles. The summed E-state index contributed by atoms with van der Waals surface area (Å²) in [7, 11) is 5.48. The van der Waals surface area contributed by atoms with E-state index in [4.69, 9.17) is 13.9 Å². The molecule has 0 amide bonds. The van der Waals surface area contributed by atoms with Gasteiger partial charge in [-0.1, -0.05) is 0 Å². The molecule has 3 aromatic rings. The standard InChI is InChI=1S/C22H27N3O3/c1-16-18(20-6-5-13-28-20)15-23(2)22(16)25-11-9-24(10-12-25)19-8-7-17(26-3)14-21(19)27-4/h5-8,13-15H,9-12H2,1-4H3. The van der Waals surface area contributed by atoms with Gasteiger partial charge >= 0.3 is 0 Å². The zero-order chi connectivity index (χ0) is 19.7. The molecule has 148 valence electrons. The average Bonchev–Trinajstić information content (AvgIpc) is 3.35. The summed E-state index contributed by atoms with van der Waals surface area (Å²) in [5, 5.41) is 0. The molecule has 1 saturated heterocycles. The van der Waals surface area contributed by atoms with E-state index < -0.39 is 0 Å². The fourth-order valence-electron chi connectivity index (χ4n) is 4.08. The third kappa shape index (κ3) is 3.19. The molecule has 2 aromatic heterocycles. The second-order valence-electron chi connectivity index (χ2n) is 7.09. The van der Waals surface area contributed by atoms with Crippen LogP contribution in [0.25, 0.3) is 11.3 Å². The smallest absolute Gasteiger partial charge is 0.145 e. The van der Waals surface area contributed by atoms with Crippen molar-refractivity contribution >= 4 is 11.5 Å². The normalized spacial score (nSPS) is 14.4. The summed E-state index contributed by atoms with van der Waals surface area (Å²) in [4.78, 5) is 4.83. The van der Waals surface area contributed by atoms with Gasteiger partial charge in [0.1, 0.15) is 23.1 Å². The molecule has 0 spiro atoms. The monoisotopic (exact) mass is 381 g/mol. The first kappa shape index (κ1) is 18.3. The van der Waals surface area contributed by atoms with Crippen molar-refractivity contribution in [1.82, 2.24) is 4.57 Å².